The fourth-order valence-corrected chi connectivity index (χ4v) is 2.81. The zero-order chi connectivity index (χ0) is 8.84. The van der Waals surface area contributed by atoms with E-state index in [1.807, 2.05) is 0 Å². The molecule has 0 aromatic heterocycles. The summed E-state index contributed by atoms with van der Waals surface area (Å²) in [6.07, 6.45) is 2.69. The van der Waals surface area contributed by atoms with E-state index < -0.39 is 0 Å². The Kier molecular flexibility index (Phi) is 1.50. The number of rotatable bonds is 0. The molecule has 1 nitrogen and oxygen atoms in total. The maximum Gasteiger partial charge on any atom is 0.0354 e. The van der Waals surface area contributed by atoms with Gasteiger partial charge in [-0.1, -0.05) is 31.2 Å². The molecule has 1 fully saturated rings. The molecule has 0 unspecified atom stereocenters. The number of benzene rings is 1. The Morgan fingerprint density at radius 2 is 1.92 bits per heavy atom. The molecule has 2 aliphatic rings. The second-order valence-corrected chi connectivity index (χ2v) is 4.38. The predicted molar refractivity (Wildman–Crippen MR) is 53.5 cm³/mol. The molecular formula is C12H15N. The van der Waals surface area contributed by atoms with E-state index in [0.717, 1.165) is 5.92 Å². The summed E-state index contributed by atoms with van der Waals surface area (Å²) >= 11 is 0. The fraction of sp³-hybridized carbons (Fsp3) is 0.500. The molecule has 1 heteroatoms. The lowest BCUT2D eigenvalue weighted by molar-refractivity contribution is 0.281. The van der Waals surface area contributed by atoms with Gasteiger partial charge in [-0.3, -0.25) is 0 Å². The summed E-state index contributed by atoms with van der Waals surface area (Å²) in [5.41, 5.74) is 3.11. The first-order chi connectivity index (χ1) is 6.36. The quantitative estimate of drug-likeness (QED) is 0.636. The molecule has 0 saturated carbocycles. The molecule has 2 bridgehead atoms. The van der Waals surface area contributed by atoms with E-state index in [9.17, 15) is 0 Å². The van der Waals surface area contributed by atoms with Crippen LogP contribution in [-0.2, 0) is 0 Å². The number of hydrogen-bond acceptors (Lipinski definition) is 1. The molecule has 68 valence electrons. The zero-order valence-electron chi connectivity index (χ0n) is 7.96. The maximum absolute atomic E-state index is 3.71. The van der Waals surface area contributed by atoms with Crippen molar-refractivity contribution in [3.05, 3.63) is 35.4 Å². The molecule has 0 aliphatic carbocycles. The minimum Gasteiger partial charge on any atom is -0.303 e. The molecule has 13 heavy (non-hydrogen) atoms. The summed E-state index contributed by atoms with van der Waals surface area (Å²) in [4.78, 5) is 0. The molecule has 3 atom stereocenters. The van der Waals surface area contributed by atoms with Crippen LogP contribution in [0, 0.1) is 5.92 Å². The van der Waals surface area contributed by atoms with Gasteiger partial charge in [-0.2, -0.15) is 0 Å². The number of fused-ring (bicyclic) bond motifs is 5. The predicted octanol–water partition coefficient (Wildman–Crippen LogP) is 2.80. The summed E-state index contributed by atoms with van der Waals surface area (Å²) in [7, 11) is 0. The van der Waals surface area contributed by atoms with E-state index in [1.54, 1.807) is 11.1 Å². The van der Waals surface area contributed by atoms with Gasteiger partial charge >= 0.3 is 0 Å². The Morgan fingerprint density at radius 1 is 1.15 bits per heavy atom. The van der Waals surface area contributed by atoms with Gasteiger partial charge in [-0.05, 0) is 29.9 Å². The van der Waals surface area contributed by atoms with Crippen LogP contribution in [0.15, 0.2) is 24.3 Å². The largest absolute Gasteiger partial charge is 0.303 e. The zero-order valence-corrected chi connectivity index (χ0v) is 7.96. The van der Waals surface area contributed by atoms with Crippen molar-refractivity contribution in [2.45, 2.75) is 31.8 Å². The fourth-order valence-electron chi connectivity index (χ4n) is 2.81. The number of nitrogens with one attached hydrogen (secondary N) is 1. The molecule has 0 spiro atoms. The number of piperidine rings is 1. The van der Waals surface area contributed by atoms with Crippen molar-refractivity contribution in [1.29, 1.82) is 0 Å². The third-order valence-corrected chi connectivity index (χ3v) is 3.57. The topological polar surface area (TPSA) is 12.0 Å². The van der Waals surface area contributed by atoms with Crippen molar-refractivity contribution in [3.63, 3.8) is 0 Å². The normalized spacial score (nSPS) is 35.9. The van der Waals surface area contributed by atoms with Gasteiger partial charge in [-0.25, -0.2) is 0 Å². The Labute approximate surface area is 79.2 Å². The van der Waals surface area contributed by atoms with E-state index in [0.29, 0.717) is 12.1 Å². The van der Waals surface area contributed by atoms with E-state index in [4.69, 9.17) is 0 Å². The Bertz CT molecular complexity index is 332. The van der Waals surface area contributed by atoms with E-state index in [-0.39, 0.29) is 0 Å². The highest BCUT2D eigenvalue weighted by molar-refractivity contribution is 5.38. The van der Waals surface area contributed by atoms with Gasteiger partial charge in [0.05, 0.1) is 0 Å². The highest BCUT2D eigenvalue weighted by atomic mass is 15.0. The molecule has 1 N–H and O–H groups in total. The number of hydrogen-bond donors (Lipinski definition) is 1. The third kappa shape index (κ3) is 0.969. The molecule has 1 saturated heterocycles. The second-order valence-electron chi connectivity index (χ2n) is 4.38. The van der Waals surface area contributed by atoms with Gasteiger partial charge in [0.1, 0.15) is 0 Å². The van der Waals surface area contributed by atoms with Gasteiger partial charge in [0.15, 0.2) is 0 Å². The van der Waals surface area contributed by atoms with Crippen LogP contribution in [-0.4, -0.2) is 0 Å². The summed E-state index contributed by atoms with van der Waals surface area (Å²) in [6, 6.07) is 10.2. The van der Waals surface area contributed by atoms with Crippen molar-refractivity contribution in [2.24, 2.45) is 5.92 Å². The van der Waals surface area contributed by atoms with Crippen LogP contribution >= 0.6 is 0 Å². The van der Waals surface area contributed by atoms with E-state index in [2.05, 4.69) is 36.5 Å². The van der Waals surface area contributed by atoms with Crippen LogP contribution in [0.2, 0.25) is 0 Å². The highest BCUT2D eigenvalue weighted by Gasteiger charge is 2.36. The lowest BCUT2D eigenvalue weighted by Gasteiger charge is -2.27. The average Bonchev–Trinajstić information content (AvgIpc) is 2.48. The Morgan fingerprint density at radius 3 is 2.77 bits per heavy atom. The Balaban J connectivity index is 2.13. The van der Waals surface area contributed by atoms with Gasteiger partial charge in [0.25, 0.3) is 0 Å². The second kappa shape index (κ2) is 2.58. The van der Waals surface area contributed by atoms with Crippen molar-refractivity contribution < 1.29 is 0 Å². The van der Waals surface area contributed by atoms with Gasteiger partial charge in [0, 0.05) is 12.1 Å². The molecule has 2 aliphatic heterocycles. The van der Waals surface area contributed by atoms with Crippen molar-refractivity contribution >= 4 is 0 Å². The molecule has 0 amide bonds. The van der Waals surface area contributed by atoms with Crippen molar-refractivity contribution in [2.75, 3.05) is 0 Å². The van der Waals surface area contributed by atoms with Crippen LogP contribution in [0.3, 0.4) is 0 Å². The third-order valence-electron chi connectivity index (χ3n) is 3.57. The summed E-state index contributed by atoms with van der Waals surface area (Å²) in [6.45, 7) is 2.36. The van der Waals surface area contributed by atoms with Gasteiger partial charge in [-0.15, -0.1) is 0 Å². The van der Waals surface area contributed by atoms with Crippen LogP contribution in [0.25, 0.3) is 0 Å². The van der Waals surface area contributed by atoms with Gasteiger partial charge < -0.3 is 5.32 Å². The molecular weight excluding hydrogens is 158 g/mol. The molecule has 0 radical (unpaired) electrons. The van der Waals surface area contributed by atoms with Crippen LogP contribution in [0.4, 0.5) is 0 Å². The summed E-state index contributed by atoms with van der Waals surface area (Å²) in [5, 5.41) is 3.71. The van der Waals surface area contributed by atoms with Gasteiger partial charge in [0.2, 0.25) is 0 Å². The SMILES string of the molecule is C[C@H]1CC[C@@H]2N[C@H]1c1ccccc12. The van der Waals surface area contributed by atoms with Crippen molar-refractivity contribution in [3.8, 4) is 0 Å². The van der Waals surface area contributed by atoms with Crippen LogP contribution in [0.5, 0.6) is 0 Å². The smallest absolute Gasteiger partial charge is 0.0354 e. The first-order valence-electron chi connectivity index (χ1n) is 5.21. The first-order valence-corrected chi connectivity index (χ1v) is 5.21. The lowest BCUT2D eigenvalue weighted by Crippen LogP contribution is -2.28. The average molecular weight is 173 g/mol. The summed E-state index contributed by atoms with van der Waals surface area (Å²) in [5.74, 6) is 0.805. The molecule has 1 aromatic carbocycles. The van der Waals surface area contributed by atoms with Crippen molar-refractivity contribution in [1.82, 2.24) is 5.32 Å². The minimum atomic E-state index is 0.634. The summed E-state index contributed by atoms with van der Waals surface area (Å²) < 4.78 is 0. The first kappa shape index (κ1) is 7.57. The minimum absolute atomic E-state index is 0.634. The molecule has 1 aromatic rings. The highest BCUT2D eigenvalue weighted by Crippen LogP contribution is 2.45. The standard InChI is InChI=1S/C12H15N/c1-8-6-7-11-9-4-2-3-5-10(9)12(8)13-11/h2-5,8,11-13H,6-7H2,1H3/t8-,11-,12+/m0/s1. The molecule has 2 heterocycles. The maximum atomic E-state index is 3.71. The monoisotopic (exact) mass is 173 g/mol. The van der Waals surface area contributed by atoms with Crippen LogP contribution in [0.1, 0.15) is 43.0 Å². The van der Waals surface area contributed by atoms with Crippen LogP contribution < -0.4 is 5.32 Å². The Hall–Kier alpha value is -0.820. The molecule has 3 rings (SSSR count). The van der Waals surface area contributed by atoms with E-state index in [1.165, 1.54) is 12.8 Å². The lowest BCUT2D eigenvalue weighted by atomic mass is 9.92. The van der Waals surface area contributed by atoms with E-state index >= 15 is 0 Å².